The second kappa shape index (κ2) is 8.95. The van der Waals surface area contributed by atoms with Gasteiger partial charge in [-0.05, 0) is 31.5 Å². The summed E-state index contributed by atoms with van der Waals surface area (Å²) in [7, 11) is -4.62. The number of aromatic nitrogens is 3. The van der Waals surface area contributed by atoms with Crippen LogP contribution in [0.15, 0.2) is 61.1 Å². The molecular weight excluding hydrogens is 399 g/mol. The van der Waals surface area contributed by atoms with Crippen molar-refractivity contribution in [2.75, 3.05) is 13.2 Å². The molecular formula is C20H22F2N3O3P. The zero-order valence-corrected chi connectivity index (χ0v) is 17.1. The average molecular weight is 421 g/mol. The van der Waals surface area contributed by atoms with Crippen LogP contribution in [0.2, 0.25) is 0 Å². The van der Waals surface area contributed by atoms with Crippen LogP contribution in [-0.2, 0) is 25.8 Å². The van der Waals surface area contributed by atoms with Crippen LogP contribution in [0.5, 0.6) is 0 Å². The second-order valence-corrected chi connectivity index (χ2v) is 8.24. The number of rotatable bonds is 9. The average Bonchev–Trinajstić information content (AvgIpc) is 3.17. The molecule has 3 aromatic rings. The van der Waals surface area contributed by atoms with Crippen molar-refractivity contribution in [3.8, 4) is 11.5 Å². The Bertz CT molecular complexity index is 968. The molecule has 6 nitrogen and oxygen atoms in total. The van der Waals surface area contributed by atoms with Crippen LogP contribution in [0.1, 0.15) is 25.0 Å². The molecule has 154 valence electrons. The third kappa shape index (κ3) is 4.45. The predicted octanol–water partition coefficient (Wildman–Crippen LogP) is 5.31. The molecule has 0 amide bonds. The summed E-state index contributed by atoms with van der Waals surface area (Å²) in [5, 5.41) is 0. The maximum Gasteiger partial charge on any atom is 0.404 e. The van der Waals surface area contributed by atoms with E-state index in [1.165, 1.54) is 26.0 Å². The molecule has 2 aromatic heterocycles. The molecule has 0 aliphatic rings. The van der Waals surface area contributed by atoms with Crippen molar-refractivity contribution >= 4 is 7.60 Å². The SMILES string of the molecule is CCOP(=O)(OCC)C(F)(F)c1ccc(Cn2ccnc2-c2ccccn2)cc1. The Morgan fingerprint density at radius 3 is 2.28 bits per heavy atom. The Labute approximate surface area is 168 Å². The first-order valence-electron chi connectivity index (χ1n) is 9.20. The number of hydrogen-bond acceptors (Lipinski definition) is 5. The van der Waals surface area contributed by atoms with Gasteiger partial charge in [0.1, 0.15) is 5.69 Å². The Morgan fingerprint density at radius 2 is 1.69 bits per heavy atom. The van der Waals surface area contributed by atoms with E-state index in [0.717, 1.165) is 11.3 Å². The molecule has 0 spiro atoms. The van der Waals surface area contributed by atoms with E-state index in [2.05, 4.69) is 9.97 Å². The van der Waals surface area contributed by atoms with Gasteiger partial charge in [-0.2, -0.15) is 8.78 Å². The summed E-state index contributed by atoms with van der Waals surface area (Å²) < 4.78 is 53.8. The highest BCUT2D eigenvalue weighted by Gasteiger charge is 2.54. The maximum atomic E-state index is 14.8. The number of hydrogen-bond donors (Lipinski definition) is 0. The van der Waals surface area contributed by atoms with Crippen LogP contribution in [0.25, 0.3) is 11.5 Å². The van der Waals surface area contributed by atoms with Gasteiger partial charge < -0.3 is 13.6 Å². The van der Waals surface area contributed by atoms with Crippen molar-refractivity contribution in [2.45, 2.75) is 26.1 Å². The molecule has 0 saturated carbocycles. The second-order valence-electron chi connectivity index (χ2n) is 6.16. The van der Waals surface area contributed by atoms with Crippen LogP contribution in [-0.4, -0.2) is 27.7 Å². The largest absolute Gasteiger partial charge is 0.404 e. The standard InChI is InChI=1S/C20H22F2N3O3P/c1-3-27-29(26,28-4-2)20(21,22)17-10-8-16(9-11-17)15-25-14-13-24-19(25)18-7-5-6-12-23-18/h5-14H,3-4,15H2,1-2H3. The Morgan fingerprint density at radius 1 is 1.00 bits per heavy atom. The fourth-order valence-electron chi connectivity index (χ4n) is 2.87. The molecule has 0 unspecified atom stereocenters. The molecule has 29 heavy (non-hydrogen) atoms. The van der Waals surface area contributed by atoms with Gasteiger partial charge in [-0.25, -0.2) is 4.98 Å². The fourth-order valence-corrected chi connectivity index (χ4v) is 4.41. The molecule has 1 aromatic carbocycles. The molecule has 0 aliphatic carbocycles. The van der Waals surface area contributed by atoms with Gasteiger partial charge in [0.05, 0.1) is 13.2 Å². The Balaban J connectivity index is 1.83. The predicted molar refractivity (Wildman–Crippen MR) is 106 cm³/mol. The molecule has 0 aliphatic heterocycles. The van der Waals surface area contributed by atoms with Crippen LogP contribution < -0.4 is 0 Å². The summed E-state index contributed by atoms with van der Waals surface area (Å²) in [5.41, 5.74) is -2.66. The van der Waals surface area contributed by atoms with E-state index in [0.29, 0.717) is 12.4 Å². The Kier molecular flexibility index (Phi) is 6.57. The van der Waals surface area contributed by atoms with E-state index in [-0.39, 0.29) is 13.2 Å². The molecule has 0 N–H and O–H groups in total. The van der Waals surface area contributed by atoms with Gasteiger partial charge in [0.25, 0.3) is 0 Å². The van der Waals surface area contributed by atoms with E-state index < -0.39 is 18.8 Å². The first-order valence-corrected chi connectivity index (χ1v) is 10.7. The van der Waals surface area contributed by atoms with Crippen molar-refractivity contribution in [2.24, 2.45) is 0 Å². The zero-order valence-electron chi connectivity index (χ0n) is 16.2. The lowest BCUT2D eigenvalue weighted by Crippen LogP contribution is -2.18. The molecule has 9 heteroatoms. The number of pyridine rings is 1. The minimum atomic E-state index is -4.62. The minimum absolute atomic E-state index is 0.137. The fraction of sp³-hybridized carbons (Fsp3) is 0.300. The van der Waals surface area contributed by atoms with E-state index in [1.807, 2.05) is 22.8 Å². The van der Waals surface area contributed by atoms with Gasteiger partial charge in [0, 0.05) is 30.7 Å². The molecule has 0 atom stereocenters. The highest BCUT2D eigenvalue weighted by Crippen LogP contribution is 2.66. The molecule has 2 heterocycles. The highest BCUT2D eigenvalue weighted by molar-refractivity contribution is 7.54. The summed E-state index contributed by atoms with van der Waals surface area (Å²) in [6.07, 6.45) is 5.14. The number of nitrogens with zero attached hydrogens (tertiary/aromatic N) is 3. The normalized spacial score (nSPS) is 12.3. The van der Waals surface area contributed by atoms with Crippen molar-refractivity contribution in [1.29, 1.82) is 0 Å². The molecule has 0 bridgehead atoms. The van der Waals surface area contributed by atoms with Gasteiger partial charge in [-0.1, -0.05) is 30.3 Å². The third-order valence-electron chi connectivity index (χ3n) is 4.21. The number of imidazole rings is 1. The number of halogens is 2. The van der Waals surface area contributed by atoms with Crippen molar-refractivity contribution in [1.82, 2.24) is 14.5 Å². The highest BCUT2D eigenvalue weighted by atomic mass is 31.2. The third-order valence-corrected chi connectivity index (χ3v) is 6.35. The molecule has 0 fully saturated rings. The summed E-state index contributed by atoms with van der Waals surface area (Å²) >= 11 is 0. The van der Waals surface area contributed by atoms with Gasteiger partial charge in [-0.3, -0.25) is 9.55 Å². The minimum Gasteiger partial charge on any atom is -0.325 e. The van der Waals surface area contributed by atoms with Gasteiger partial charge in [0.15, 0.2) is 5.82 Å². The smallest absolute Gasteiger partial charge is 0.325 e. The van der Waals surface area contributed by atoms with Crippen molar-refractivity contribution in [3.05, 3.63) is 72.2 Å². The lowest BCUT2D eigenvalue weighted by Gasteiger charge is -2.26. The maximum absolute atomic E-state index is 14.8. The summed E-state index contributed by atoms with van der Waals surface area (Å²) in [5.74, 6) is 0.678. The quantitative estimate of drug-likeness (QED) is 0.438. The molecule has 3 rings (SSSR count). The first kappa shape index (κ1) is 21.3. The van der Waals surface area contributed by atoms with Crippen LogP contribution in [0, 0.1) is 0 Å². The summed E-state index contributed by atoms with van der Waals surface area (Å²) in [4.78, 5) is 8.61. The monoisotopic (exact) mass is 421 g/mol. The van der Waals surface area contributed by atoms with Crippen LogP contribution >= 0.6 is 7.60 Å². The van der Waals surface area contributed by atoms with E-state index in [4.69, 9.17) is 9.05 Å². The topological polar surface area (TPSA) is 66.2 Å². The molecule has 0 radical (unpaired) electrons. The van der Waals surface area contributed by atoms with E-state index >= 15 is 0 Å². The van der Waals surface area contributed by atoms with Crippen molar-refractivity contribution < 1.29 is 22.4 Å². The van der Waals surface area contributed by atoms with Gasteiger partial charge >= 0.3 is 13.3 Å². The number of alkyl halides is 2. The van der Waals surface area contributed by atoms with Crippen LogP contribution in [0.4, 0.5) is 8.78 Å². The van der Waals surface area contributed by atoms with E-state index in [1.54, 1.807) is 30.7 Å². The Hall–Kier alpha value is -2.41. The first-order chi connectivity index (χ1) is 13.9. The van der Waals surface area contributed by atoms with Gasteiger partial charge in [0.2, 0.25) is 0 Å². The summed E-state index contributed by atoms with van der Waals surface area (Å²) in [6, 6.07) is 11.2. The lowest BCUT2D eigenvalue weighted by molar-refractivity contribution is 0.0360. The zero-order chi connectivity index (χ0) is 20.9. The van der Waals surface area contributed by atoms with E-state index in [9.17, 15) is 13.3 Å². The number of benzene rings is 1. The van der Waals surface area contributed by atoms with Gasteiger partial charge in [-0.15, -0.1) is 0 Å². The molecule has 0 saturated heterocycles. The summed E-state index contributed by atoms with van der Waals surface area (Å²) in [6.45, 7) is 3.14. The van der Waals surface area contributed by atoms with Crippen molar-refractivity contribution in [3.63, 3.8) is 0 Å². The van der Waals surface area contributed by atoms with Crippen LogP contribution in [0.3, 0.4) is 0 Å². The lowest BCUT2D eigenvalue weighted by atomic mass is 10.1.